The Morgan fingerprint density at radius 3 is 2.97 bits per heavy atom. The Bertz CT molecular complexity index is 1180. The molecule has 31 heavy (non-hydrogen) atoms. The largest absolute Gasteiger partial charge is 0.457 e. The van der Waals surface area contributed by atoms with Crippen LogP contribution in [-0.2, 0) is 17.9 Å². The number of nitrogens with zero attached hydrogens (tertiary/aromatic N) is 5. The van der Waals surface area contributed by atoms with Crippen LogP contribution >= 0.6 is 0 Å². The van der Waals surface area contributed by atoms with Crippen molar-refractivity contribution in [1.29, 1.82) is 5.26 Å². The van der Waals surface area contributed by atoms with Gasteiger partial charge in [-0.25, -0.2) is 9.48 Å². The summed E-state index contributed by atoms with van der Waals surface area (Å²) in [5, 5.41) is 16.7. The zero-order valence-corrected chi connectivity index (χ0v) is 17.2. The molecule has 1 N–H and O–H groups in total. The van der Waals surface area contributed by atoms with Crippen LogP contribution in [0.2, 0.25) is 0 Å². The molecule has 2 aliphatic heterocycles. The summed E-state index contributed by atoms with van der Waals surface area (Å²) in [5.41, 5.74) is 6.40. The summed E-state index contributed by atoms with van der Waals surface area (Å²) in [4.78, 5) is 18.8. The molecular formula is C23H22N6O2. The van der Waals surface area contributed by atoms with E-state index < -0.39 is 0 Å². The number of esters is 1. The molecule has 5 rings (SSSR count). The van der Waals surface area contributed by atoms with Gasteiger partial charge in [0.25, 0.3) is 0 Å². The molecule has 2 aromatic heterocycles. The van der Waals surface area contributed by atoms with Gasteiger partial charge in [-0.15, -0.1) is 0 Å². The molecule has 8 nitrogen and oxygen atoms in total. The van der Waals surface area contributed by atoms with E-state index in [0.29, 0.717) is 17.7 Å². The lowest BCUT2D eigenvalue weighted by atomic mass is 9.93. The molecule has 1 saturated heterocycles. The van der Waals surface area contributed by atoms with E-state index in [0.717, 1.165) is 48.7 Å². The third kappa shape index (κ3) is 3.69. The van der Waals surface area contributed by atoms with Crippen molar-refractivity contribution in [2.24, 2.45) is 0 Å². The van der Waals surface area contributed by atoms with Gasteiger partial charge >= 0.3 is 5.97 Å². The van der Waals surface area contributed by atoms with Crippen molar-refractivity contribution in [3.05, 3.63) is 76.4 Å². The first kappa shape index (κ1) is 19.4. The normalized spacial score (nSPS) is 18.5. The molecule has 4 heterocycles. The summed E-state index contributed by atoms with van der Waals surface area (Å²) in [6, 6.07) is 10.2. The first-order chi connectivity index (χ1) is 15.1. The van der Waals surface area contributed by atoms with Crippen LogP contribution in [0.1, 0.15) is 44.3 Å². The maximum absolute atomic E-state index is 11.8. The summed E-state index contributed by atoms with van der Waals surface area (Å²) in [6.07, 6.45) is 5.01. The molecule has 8 heteroatoms. The van der Waals surface area contributed by atoms with E-state index in [2.05, 4.69) is 39.4 Å². The lowest BCUT2D eigenvalue weighted by Crippen LogP contribution is -2.45. The Morgan fingerprint density at radius 2 is 2.19 bits per heavy atom. The van der Waals surface area contributed by atoms with E-state index in [1.54, 1.807) is 17.1 Å². The van der Waals surface area contributed by atoms with E-state index >= 15 is 0 Å². The van der Waals surface area contributed by atoms with Gasteiger partial charge in [-0.05, 0) is 36.2 Å². The second kappa shape index (κ2) is 7.95. The summed E-state index contributed by atoms with van der Waals surface area (Å²) >= 11 is 0. The van der Waals surface area contributed by atoms with Crippen LogP contribution in [0.25, 0.3) is 5.69 Å². The van der Waals surface area contributed by atoms with Crippen molar-refractivity contribution in [3.63, 3.8) is 0 Å². The number of piperazine rings is 1. The molecule has 156 valence electrons. The van der Waals surface area contributed by atoms with E-state index in [1.807, 2.05) is 18.2 Å². The minimum absolute atomic E-state index is 0.197. The molecule has 3 aromatic rings. The number of hydrogen-bond acceptors (Lipinski definition) is 7. The van der Waals surface area contributed by atoms with Gasteiger partial charge in [-0.3, -0.25) is 9.88 Å². The number of aromatic nitrogens is 3. The molecule has 0 saturated carbocycles. The summed E-state index contributed by atoms with van der Waals surface area (Å²) in [5.74, 6) is -0.226. The fraction of sp³-hybridized carbons (Fsp3) is 0.304. The third-order valence-corrected chi connectivity index (χ3v) is 6.01. The number of carbonyl (C=O) groups excluding carboxylic acids is 1. The quantitative estimate of drug-likeness (QED) is 0.654. The average molecular weight is 414 g/mol. The number of fused-ring (bicyclic) bond motifs is 1. The van der Waals surface area contributed by atoms with Crippen molar-refractivity contribution in [2.75, 3.05) is 19.6 Å². The van der Waals surface area contributed by atoms with Gasteiger partial charge in [0.2, 0.25) is 0 Å². The highest BCUT2D eigenvalue weighted by Gasteiger charge is 2.28. The van der Waals surface area contributed by atoms with Crippen LogP contribution in [0, 0.1) is 18.3 Å². The minimum atomic E-state index is -0.226. The van der Waals surface area contributed by atoms with Gasteiger partial charge < -0.3 is 10.1 Å². The summed E-state index contributed by atoms with van der Waals surface area (Å²) in [7, 11) is 0. The smallest absolute Gasteiger partial charge is 0.338 e. The maximum Gasteiger partial charge on any atom is 0.338 e. The predicted molar refractivity (Wildman–Crippen MR) is 112 cm³/mol. The number of nitriles is 1. The summed E-state index contributed by atoms with van der Waals surface area (Å²) < 4.78 is 6.85. The molecule has 1 fully saturated rings. The van der Waals surface area contributed by atoms with Gasteiger partial charge in [0.05, 0.1) is 34.9 Å². The Kier molecular flexibility index (Phi) is 4.98. The van der Waals surface area contributed by atoms with Crippen molar-refractivity contribution in [1.82, 2.24) is 25.0 Å². The van der Waals surface area contributed by atoms with Crippen molar-refractivity contribution in [2.45, 2.75) is 26.1 Å². The van der Waals surface area contributed by atoms with Gasteiger partial charge in [0, 0.05) is 44.0 Å². The molecule has 1 atom stereocenters. The Morgan fingerprint density at radius 1 is 1.29 bits per heavy atom. The number of nitrogens with one attached hydrogen (secondary N) is 1. The highest BCUT2D eigenvalue weighted by Crippen LogP contribution is 2.30. The highest BCUT2D eigenvalue weighted by atomic mass is 16.5. The lowest BCUT2D eigenvalue weighted by molar-refractivity contribution is 0.0535. The predicted octanol–water partition coefficient (Wildman–Crippen LogP) is 2.26. The fourth-order valence-electron chi connectivity index (χ4n) is 4.30. The van der Waals surface area contributed by atoms with Crippen LogP contribution in [0.4, 0.5) is 0 Å². The molecule has 0 aliphatic carbocycles. The molecular weight excluding hydrogens is 392 g/mol. The van der Waals surface area contributed by atoms with Crippen LogP contribution < -0.4 is 5.32 Å². The molecule has 0 amide bonds. The van der Waals surface area contributed by atoms with Gasteiger partial charge in [0.1, 0.15) is 12.7 Å². The molecule has 2 aliphatic rings. The Hall–Kier alpha value is -3.54. The molecule has 0 radical (unpaired) electrons. The Balaban J connectivity index is 1.28. The number of rotatable bonds is 4. The Labute approximate surface area is 180 Å². The van der Waals surface area contributed by atoms with Gasteiger partial charge in [-0.1, -0.05) is 6.07 Å². The van der Waals surface area contributed by atoms with Crippen LogP contribution in [0.5, 0.6) is 0 Å². The van der Waals surface area contributed by atoms with Crippen LogP contribution in [0.15, 0.2) is 42.9 Å². The van der Waals surface area contributed by atoms with Crippen LogP contribution in [-0.4, -0.2) is 45.3 Å². The zero-order chi connectivity index (χ0) is 21.4. The number of pyridine rings is 1. The van der Waals surface area contributed by atoms with Gasteiger partial charge in [-0.2, -0.15) is 10.4 Å². The molecule has 1 aromatic carbocycles. The molecule has 0 unspecified atom stereocenters. The van der Waals surface area contributed by atoms with Crippen molar-refractivity contribution < 1.29 is 9.53 Å². The number of ether oxygens (including phenoxy) is 1. The van der Waals surface area contributed by atoms with E-state index in [-0.39, 0.29) is 12.0 Å². The number of benzene rings is 1. The second-order valence-electron chi connectivity index (χ2n) is 7.92. The monoisotopic (exact) mass is 414 g/mol. The van der Waals surface area contributed by atoms with Crippen LogP contribution in [0.3, 0.4) is 0 Å². The average Bonchev–Trinajstić information content (AvgIpc) is 3.42. The number of hydrogen-bond donors (Lipinski definition) is 1. The van der Waals surface area contributed by atoms with Crippen molar-refractivity contribution >= 4 is 5.97 Å². The minimum Gasteiger partial charge on any atom is -0.457 e. The lowest BCUT2D eigenvalue weighted by Gasteiger charge is -2.34. The first-order valence-electron chi connectivity index (χ1n) is 10.3. The fourth-order valence-corrected chi connectivity index (χ4v) is 4.30. The topological polar surface area (TPSA) is 96.1 Å². The van der Waals surface area contributed by atoms with E-state index in [4.69, 9.17) is 10.00 Å². The standard InChI is InChI=1S/C23H22N6O2/c1-15-19(4-5-20-21(15)14-31-23(20)30)22-13-28(7-6-25-22)12-17-2-3-18(10-26-17)29-11-16(8-24)9-27-29/h2-5,9-11,22,25H,6-7,12-14H2,1H3/t22-/m0/s1. The summed E-state index contributed by atoms with van der Waals surface area (Å²) in [6.45, 7) is 5.89. The third-order valence-electron chi connectivity index (χ3n) is 6.01. The van der Waals surface area contributed by atoms with Gasteiger partial charge in [0.15, 0.2) is 0 Å². The highest BCUT2D eigenvalue weighted by molar-refractivity contribution is 5.94. The maximum atomic E-state index is 11.8. The SMILES string of the molecule is Cc1c([C@@H]2CN(Cc3ccc(-n4cc(C#N)cn4)cn3)CCN2)ccc2c1COC2=O. The first-order valence-corrected chi connectivity index (χ1v) is 10.3. The van der Waals surface area contributed by atoms with Crippen molar-refractivity contribution in [3.8, 4) is 11.8 Å². The van der Waals surface area contributed by atoms with E-state index in [9.17, 15) is 4.79 Å². The number of cyclic esters (lactones) is 1. The van der Waals surface area contributed by atoms with E-state index in [1.165, 1.54) is 11.8 Å². The molecule has 0 bridgehead atoms. The second-order valence-corrected chi connectivity index (χ2v) is 7.92. The molecule has 0 spiro atoms. The zero-order valence-electron chi connectivity index (χ0n) is 17.2. The number of carbonyl (C=O) groups is 1.